The number of rotatable bonds is 0. The van der Waals surface area contributed by atoms with E-state index in [1.165, 1.54) is 12.1 Å². The molecule has 9 heteroatoms. The van der Waals surface area contributed by atoms with Crippen LogP contribution in [0.3, 0.4) is 0 Å². The predicted octanol–water partition coefficient (Wildman–Crippen LogP) is 3.67. The zero-order chi connectivity index (χ0) is 18.8. The van der Waals surface area contributed by atoms with E-state index in [9.17, 15) is 9.18 Å². The molecule has 0 unspecified atom stereocenters. The highest BCUT2D eigenvalue weighted by atomic mass is 79.9. The summed E-state index contributed by atoms with van der Waals surface area (Å²) < 4.78 is 21.7. The minimum atomic E-state index is -0.489. The zero-order valence-corrected chi connectivity index (χ0v) is 15.7. The van der Waals surface area contributed by atoms with E-state index in [4.69, 9.17) is 4.74 Å². The Kier molecular flexibility index (Phi) is 4.85. The van der Waals surface area contributed by atoms with Gasteiger partial charge in [-0.25, -0.2) is 9.37 Å². The second-order valence-corrected chi connectivity index (χ2v) is 6.88. The predicted molar refractivity (Wildman–Crippen MR) is 100 cm³/mol. The van der Waals surface area contributed by atoms with Crippen LogP contribution in [0.1, 0.15) is 23.2 Å². The Morgan fingerprint density at radius 2 is 2.15 bits per heavy atom. The number of nitrogens with zero attached hydrogens (tertiary/aromatic N) is 4. The molecule has 0 spiro atoms. The molecule has 0 aliphatic carbocycles. The van der Waals surface area contributed by atoms with Gasteiger partial charge in [-0.2, -0.15) is 0 Å². The van der Waals surface area contributed by atoms with Crippen LogP contribution in [0.5, 0.6) is 5.75 Å². The summed E-state index contributed by atoms with van der Waals surface area (Å²) in [5.41, 5.74) is 0.842. The average Bonchev–Trinajstić information content (AvgIpc) is 3.12. The van der Waals surface area contributed by atoms with Gasteiger partial charge in [0.1, 0.15) is 29.4 Å². The van der Waals surface area contributed by atoms with Crippen LogP contribution < -0.4 is 10.1 Å². The third-order valence-electron chi connectivity index (χ3n) is 4.15. The van der Waals surface area contributed by atoms with Gasteiger partial charge in [-0.15, -0.1) is 10.2 Å². The van der Waals surface area contributed by atoms with Crippen molar-refractivity contribution in [2.45, 2.75) is 19.4 Å². The molecule has 2 bridgehead atoms. The van der Waals surface area contributed by atoms with E-state index < -0.39 is 11.7 Å². The van der Waals surface area contributed by atoms with Crippen LogP contribution in [0.4, 0.5) is 10.2 Å². The minimum Gasteiger partial charge on any atom is -0.493 e. The lowest BCUT2D eigenvalue weighted by molar-refractivity contribution is 0.102. The number of benzene rings is 1. The number of ether oxygens (including phenoxy) is 1. The molecule has 1 amide bonds. The van der Waals surface area contributed by atoms with Gasteiger partial charge in [-0.1, -0.05) is 6.07 Å². The second kappa shape index (κ2) is 7.43. The highest BCUT2D eigenvalue weighted by molar-refractivity contribution is 9.10. The summed E-state index contributed by atoms with van der Waals surface area (Å²) in [6, 6.07) is 7.89. The number of hydrogen-bond acceptors (Lipinski definition) is 5. The Balaban J connectivity index is 1.75. The van der Waals surface area contributed by atoms with Gasteiger partial charge in [0.25, 0.3) is 5.91 Å². The molecule has 1 aliphatic rings. The molecule has 1 N–H and O–H groups in total. The van der Waals surface area contributed by atoms with Crippen molar-refractivity contribution in [1.29, 1.82) is 0 Å². The van der Waals surface area contributed by atoms with Crippen molar-refractivity contribution in [2.24, 2.45) is 0 Å². The largest absolute Gasteiger partial charge is 0.493 e. The standard InChI is InChI=1S/C18H15BrFN5O2/c19-12-8-11-15(9-13(12)20)27-7-2-1-6-25-10-21-24-17(25)14-4-3-5-16(22-14)23-18(11)26/h3-5,8-10H,1-2,6-7H2,(H,22,23,26). The summed E-state index contributed by atoms with van der Waals surface area (Å²) in [5.74, 6) is 0.266. The molecule has 0 fully saturated rings. The van der Waals surface area contributed by atoms with Gasteiger partial charge >= 0.3 is 0 Å². The van der Waals surface area contributed by atoms with Gasteiger partial charge in [0.15, 0.2) is 5.82 Å². The Morgan fingerprint density at radius 1 is 1.26 bits per heavy atom. The van der Waals surface area contributed by atoms with Crippen LogP contribution in [0.25, 0.3) is 11.5 Å². The van der Waals surface area contributed by atoms with Crippen molar-refractivity contribution >= 4 is 27.7 Å². The van der Waals surface area contributed by atoms with Crippen molar-refractivity contribution in [1.82, 2.24) is 19.7 Å². The number of nitrogens with one attached hydrogen (secondary N) is 1. The number of hydrogen-bond donors (Lipinski definition) is 1. The van der Waals surface area contributed by atoms with Crippen molar-refractivity contribution in [3.05, 3.63) is 52.5 Å². The molecule has 1 aliphatic heterocycles. The normalized spacial score (nSPS) is 14.4. The number of carbonyl (C=O) groups is 1. The monoisotopic (exact) mass is 431 g/mol. The van der Waals surface area contributed by atoms with Crippen LogP contribution >= 0.6 is 15.9 Å². The van der Waals surface area contributed by atoms with E-state index >= 15 is 0 Å². The SMILES string of the molecule is O=C1Nc2cccc(n2)-c2nncn2CCCCOc2cc(F)c(Br)cc21. The third-order valence-corrected chi connectivity index (χ3v) is 4.76. The maximum absolute atomic E-state index is 13.9. The molecule has 0 saturated carbocycles. The molecule has 0 atom stereocenters. The molecule has 3 aromatic rings. The Bertz CT molecular complexity index is 1010. The lowest BCUT2D eigenvalue weighted by Crippen LogP contribution is -2.16. The van der Waals surface area contributed by atoms with E-state index in [-0.39, 0.29) is 15.8 Å². The van der Waals surface area contributed by atoms with E-state index in [2.05, 4.69) is 36.4 Å². The van der Waals surface area contributed by atoms with Crippen molar-refractivity contribution in [3.8, 4) is 17.3 Å². The fourth-order valence-corrected chi connectivity index (χ4v) is 3.16. The molecular weight excluding hydrogens is 417 g/mol. The van der Waals surface area contributed by atoms with Crippen LogP contribution in [0.2, 0.25) is 0 Å². The third kappa shape index (κ3) is 3.68. The first kappa shape index (κ1) is 17.6. The van der Waals surface area contributed by atoms with Crippen LogP contribution in [0.15, 0.2) is 41.1 Å². The number of pyridine rings is 1. The molecule has 1 aromatic carbocycles. The first-order valence-corrected chi connectivity index (χ1v) is 9.19. The fourth-order valence-electron chi connectivity index (χ4n) is 2.82. The van der Waals surface area contributed by atoms with Gasteiger partial charge in [0, 0.05) is 12.6 Å². The summed E-state index contributed by atoms with van der Waals surface area (Å²) in [4.78, 5) is 17.2. The second-order valence-electron chi connectivity index (χ2n) is 6.03. The number of aryl methyl sites for hydroxylation is 1. The summed E-state index contributed by atoms with van der Waals surface area (Å²) in [6.07, 6.45) is 3.19. The lowest BCUT2D eigenvalue weighted by Gasteiger charge is -2.14. The summed E-state index contributed by atoms with van der Waals surface area (Å²) >= 11 is 3.12. The van der Waals surface area contributed by atoms with Gasteiger partial charge < -0.3 is 14.6 Å². The van der Waals surface area contributed by atoms with Crippen LogP contribution in [-0.4, -0.2) is 32.3 Å². The lowest BCUT2D eigenvalue weighted by atomic mass is 10.1. The molecule has 2 aromatic heterocycles. The Morgan fingerprint density at radius 3 is 3.04 bits per heavy atom. The van der Waals surface area contributed by atoms with E-state index in [0.717, 1.165) is 12.8 Å². The summed E-state index contributed by atoms with van der Waals surface area (Å²) in [5, 5.41) is 10.8. The number of halogens is 2. The van der Waals surface area contributed by atoms with Crippen molar-refractivity contribution < 1.29 is 13.9 Å². The van der Waals surface area contributed by atoms with E-state index in [0.29, 0.717) is 30.5 Å². The summed E-state index contributed by atoms with van der Waals surface area (Å²) in [6.45, 7) is 1.06. The van der Waals surface area contributed by atoms with Crippen LogP contribution in [0, 0.1) is 5.82 Å². The van der Waals surface area contributed by atoms with Gasteiger partial charge in [0.2, 0.25) is 0 Å². The molecule has 138 valence electrons. The van der Waals surface area contributed by atoms with Crippen LogP contribution in [-0.2, 0) is 6.54 Å². The van der Waals surface area contributed by atoms with E-state index in [1.54, 1.807) is 18.5 Å². The maximum atomic E-state index is 13.9. The van der Waals surface area contributed by atoms with Crippen molar-refractivity contribution in [3.63, 3.8) is 0 Å². The number of amides is 1. The summed E-state index contributed by atoms with van der Waals surface area (Å²) in [7, 11) is 0. The molecule has 0 saturated heterocycles. The number of aromatic nitrogens is 4. The van der Waals surface area contributed by atoms with Gasteiger partial charge in [-0.3, -0.25) is 4.79 Å². The fraction of sp³-hybridized carbons (Fsp3) is 0.222. The van der Waals surface area contributed by atoms with Gasteiger partial charge in [0.05, 0.1) is 16.6 Å². The molecule has 4 rings (SSSR count). The number of fused-ring (bicyclic) bond motifs is 5. The minimum absolute atomic E-state index is 0.191. The topological polar surface area (TPSA) is 81.9 Å². The zero-order valence-electron chi connectivity index (χ0n) is 14.2. The first-order valence-electron chi connectivity index (χ1n) is 8.40. The molecule has 0 radical (unpaired) electrons. The quantitative estimate of drug-likeness (QED) is 0.587. The maximum Gasteiger partial charge on any atom is 0.260 e. The molecule has 7 nitrogen and oxygen atoms in total. The number of anilines is 1. The molecular formula is C18H15BrFN5O2. The highest BCUT2D eigenvalue weighted by Crippen LogP contribution is 2.28. The van der Waals surface area contributed by atoms with E-state index in [1.807, 2.05) is 10.6 Å². The molecule has 27 heavy (non-hydrogen) atoms. The first-order chi connectivity index (χ1) is 13.1. The smallest absolute Gasteiger partial charge is 0.260 e. The molecule has 3 heterocycles. The average molecular weight is 432 g/mol. The number of carbonyl (C=O) groups excluding carboxylic acids is 1. The highest BCUT2D eigenvalue weighted by Gasteiger charge is 2.18. The Labute approximate surface area is 162 Å². The van der Waals surface area contributed by atoms with Crippen molar-refractivity contribution in [2.75, 3.05) is 11.9 Å². The Hall–Kier alpha value is -2.81. The van der Waals surface area contributed by atoms with Gasteiger partial charge in [-0.05, 0) is 47.0 Å².